The molecule has 0 heterocycles. The summed E-state index contributed by atoms with van der Waals surface area (Å²) in [5.74, 6) is 0.724. The van der Waals surface area contributed by atoms with E-state index in [1.807, 2.05) is 51.1 Å². The summed E-state index contributed by atoms with van der Waals surface area (Å²) in [4.78, 5) is 25.4. The molecule has 2 aromatic carbocycles. The maximum atomic E-state index is 12.9. The van der Waals surface area contributed by atoms with Crippen LogP contribution in [0.2, 0.25) is 0 Å². The van der Waals surface area contributed by atoms with Crippen molar-refractivity contribution >= 4 is 23.6 Å². The Kier molecular flexibility index (Phi) is 8.59. The van der Waals surface area contributed by atoms with Crippen molar-refractivity contribution in [2.45, 2.75) is 50.0 Å². The van der Waals surface area contributed by atoms with Crippen molar-refractivity contribution < 1.29 is 23.8 Å². The maximum Gasteiger partial charge on any atom is 0.318 e. The molecule has 0 aliphatic heterocycles. The lowest BCUT2D eigenvalue weighted by atomic mass is 10.1. The van der Waals surface area contributed by atoms with E-state index in [-0.39, 0.29) is 24.0 Å². The number of methoxy groups -OCH3 is 2. The highest BCUT2D eigenvalue weighted by Gasteiger charge is 2.20. The van der Waals surface area contributed by atoms with Crippen LogP contribution in [-0.4, -0.2) is 37.4 Å². The number of rotatable bonds is 9. The highest BCUT2D eigenvalue weighted by atomic mass is 32.2. The van der Waals surface area contributed by atoms with Gasteiger partial charge >= 0.3 is 5.97 Å². The van der Waals surface area contributed by atoms with Crippen molar-refractivity contribution in [3.63, 3.8) is 0 Å². The highest BCUT2D eigenvalue weighted by molar-refractivity contribution is 8.00. The van der Waals surface area contributed by atoms with Crippen LogP contribution in [0.4, 0.5) is 0 Å². The van der Waals surface area contributed by atoms with Gasteiger partial charge in [-0.25, -0.2) is 0 Å². The van der Waals surface area contributed by atoms with Crippen LogP contribution >= 0.6 is 11.8 Å². The number of carbonyl (C=O) groups excluding carboxylic acids is 2. The molecule has 2 rings (SSSR count). The Bertz CT molecular complexity index is 884. The van der Waals surface area contributed by atoms with Gasteiger partial charge in [0.2, 0.25) is 0 Å². The fourth-order valence-corrected chi connectivity index (χ4v) is 3.84. The molecule has 2 atom stereocenters. The molecule has 2 unspecified atom stereocenters. The van der Waals surface area contributed by atoms with E-state index in [0.717, 1.165) is 10.5 Å². The minimum absolute atomic E-state index is 0.0308. The van der Waals surface area contributed by atoms with Gasteiger partial charge in [-0.2, -0.15) is 0 Å². The van der Waals surface area contributed by atoms with Crippen LogP contribution in [0.15, 0.2) is 47.4 Å². The molecule has 0 saturated heterocycles. The quantitative estimate of drug-likeness (QED) is 0.461. The first-order valence-corrected chi connectivity index (χ1v) is 10.6. The molecule has 6 nitrogen and oxygen atoms in total. The van der Waals surface area contributed by atoms with Gasteiger partial charge < -0.3 is 19.5 Å². The molecule has 0 fully saturated rings. The predicted molar refractivity (Wildman–Crippen MR) is 118 cm³/mol. The van der Waals surface area contributed by atoms with Crippen molar-refractivity contribution in [1.82, 2.24) is 5.32 Å². The minimum atomic E-state index is -0.417. The molecular weight excluding hydrogens is 402 g/mol. The van der Waals surface area contributed by atoms with Gasteiger partial charge in [0.15, 0.2) is 11.5 Å². The fourth-order valence-electron chi connectivity index (χ4n) is 2.82. The third kappa shape index (κ3) is 6.16. The third-order valence-electron chi connectivity index (χ3n) is 4.37. The van der Waals surface area contributed by atoms with Crippen LogP contribution in [0.3, 0.4) is 0 Å². The summed E-state index contributed by atoms with van der Waals surface area (Å²) >= 11 is 1.30. The molecule has 0 aromatic heterocycles. The molecule has 0 bridgehead atoms. The number of esters is 1. The molecule has 0 saturated carbocycles. The summed E-state index contributed by atoms with van der Waals surface area (Å²) in [7, 11) is 2.94. The SMILES string of the molecule is COC(=O)C(C)Sc1ccccc1C(=O)NC(C)c1ccc(OC(C)C)c(OC)c1. The number of benzene rings is 2. The number of ether oxygens (including phenoxy) is 3. The van der Waals surface area contributed by atoms with Gasteiger partial charge in [0.05, 0.1) is 31.9 Å². The number of amides is 1. The molecule has 0 spiro atoms. The van der Waals surface area contributed by atoms with Crippen molar-refractivity contribution in [3.8, 4) is 11.5 Å². The number of hydrogen-bond acceptors (Lipinski definition) is 6. The standard InChI is InChI=1S/C23H29NO5S/c1-14(2)29-19-12-11-17(13-20(19)27-5)15(3)24-22(25)18-9-7-8-10-21(18)30-16(4)23(26)28-6/h7-16H,1-6H3,(H,24,25). The second-order valence-electron chi connectivity index (χ2n) is 7.05. The number of carbonyl (C=O) groups is 2. The van der Waals surface area contributed by atoms with Crippen molar-refractivity contribution in [2.75, 3.05) is 14.2 Å². The highest BCUT2D eigenvalue weighted by Crippen LogP contribution is 2.32. The zero-order chi connectivity index (χ0) is 22.3. The molecule has 0 aliphatic rings. The Morgan fingerprint density at radius 3 is 2.30 bits per heavy atom. The Hall–Kier alpha value is -2.67. The van der Waals surface area contributed by atoms with Crippen LogP contribution in [0.5, 0.6) is 11.5 Å². The van der Waals surface area contributed by atoms with Gasteiger partial charge in [-0.05, 0) is 57.5 Å². The van der Waals surface area contributed by atoms with E-state index in [4.69, 9.17) is 14.2 Å². The smallest absolute Gasteiger partial charge is 0.318 e. The van der Waals surface area contributed by atoms with Gasteiger partial charge in [0, 0.05) is 4.90 Å². The molecule has 2 aromatic rings. The van der Waals surface area contributed by atoms with Crippen LogP contribution in [0.1, 0.15) is 49.7 Å². The average Bonchev–Trinajstić information content (AvgIpc) is 2.73. The van der Waals surface area contributed by atoms with Crippen LogP contribution in [-0.2, 0) is 9.53 Å². The van der Waals surface area contributed by atoms with E-state index in [2.05, 4.69) is 5.32 Å². The van der Waals surface area contributed by atoms with Gasteiger partial charge in [0.1, 0.15) is 5.25 Å². The summed E-state index contributed by atoms with van der Waals surface area (Å²) in [5, 5.41) is 2.60. The van der Waals surface area contributed by atoms with E-state index in [9.17, 15) is 9.59 Å². The van der Waals surface area contributed by atoms with Crippen LogP contribution < -0.4 is 14.8 Å². The van der Waals surface area contributed by atoms with E-state index in [0.29, 0.717) is 17.1 Å². The fraction of sp³-hybridized carbons (Fsp3) is 0.391. The van der Waals surface area contributed by atoms with E-state index in [1.165, 1.54) is 18.9 Å². The zero-order valence-corrected chi connectivity index (χ0v) is 19.0. The number of hydrogen-bond donors (Lipinski definition) is 1. The monoisotopic (exact) mass is 431 g/mol. The van der Waals surface area contributed by atoms with E-state index in [1.54, 1.807) is 26.2 Å². The molecule has 162 valence electrons. The maximum absolute atomic E-state index is 12.9. The third-order valence-corrected chi connectivity index (χ3v) is 5.52. The molecule has 7 heteroatoms. The summed E-state index contributed by atoms with van der Waals surface area (Å²) in [6.45, 7) is 7.56. The first-order chi connectivity index (χ1) is 14.3. The molecule has 0 radical (unpaired) electrons. The van der Waals surface area contributed by atoms with Gasteiger partial charge in [-0.3, -0.25) is 9.59 Å². The Morgan fingerprint density at radius 2 is 1.67 bits per heavy atom. The van der Waals surface area contributed by atoms with E-state index >= 15 is 0 Å². The van der Waals surface area contributed by atoms with Gasteiger partial charge in [-0.15, -0.1) is 11.8 Å². The Morgan fingerprint density at radius 1 is 0.967 bits per heavy atom. The lowest BCUT2D eigenvalue weighted by molar-refractivity contribution is -0.139. The van der Waals surface area contributed by atoms with Crippen molar-refractivity contribution in [1.29, 1.82) is 0 Å². The molecule has 0 aliphatic carbocycles. The molecule has 30 heavy (non-hydrogen) atoms. The Balaban J connectivity index is 2.17. The molecular formula is C23H29NO5S. The first kappa shape index (κ1) is 23.6. The summed E-state index contributed by atoms with van der Waals surface area (Å²) in [5.41, 5.74) is 1.40. The van der Waals surface area contributed by atoms with Crippen LogP contribution in [0, 0.1) is 0 Å². The minimum Gasteiger partial charge on any atom is -0.493 e. The largest absolute Gasteiger partial charge is 0.493 e. The predicted octanol–water partition coefficient (Wildman–Crippen LogP) is 4.63. The van der Waals surface area contributed by atoms with Gasteiger partial charge in [-0.1, -0.05) is 18.2 Å². The topological polar surface area (TPSA) is 73.9 Å². The van der Waals surface area contributed by atoms with Crippen molar-refractivity contribution in [2.24, 2.45) is 0 Å². The summed E-state index contributed by atoms with van der Waals surface area (Å²) in [6.07, 6.45) is 0.0308. The normalized spacial score (nSPS) is 12.8. The molecule has 1 N–H and O–H groups in total. The lowest BCUT2D eigenvalue weighted by Crippen LogP contribution is -2.27. The zero-order valence-electron chi connectivity index (χ0n) is 18.2. The lowest BCUT2D eigenvalue weighted by Gasteiger charge is -2.19. The first-order valence-electron chi connectivity index (χ1n) is 9.75. The second kappa shape index (κ2) is 10.9. The molecule has 1 amide bonds. The average molecular weight is 432 g/mol. The van der Waals surface area contributed by atoms with Crippen molar-refractivity contribution in [3.05, 3.63) is 53.6 Å². The van der Waals surface area contributed by atoms with Gasteiger partial charge in [0.25, 0.3) is 5.91 Å². The Labute approximate surface area is 182 Å². The van der Waals surface area contributed by atoms with E-state index < -0.39 is 5.25 Å². The summed E-state index contributed by atoms with van der Waals surface area (Å²) in [6, 6.07) is 12.6. The number of thioether (sulfide) groups is 1. The number of nitrogens with one attached hydrogen (secondary N) is 1. The second-order valence-corrected chi connectivity index (χ2v) is 8.43. The summed E-state index contributed by atoms with van der Waals surface area (Å²) < 4.78 is 16.0. The van der Waals surface area contributed by atoms with Crippen LogP contribution in [0.25, 0.3) is 0 Å².